The molecule has 1 unspecified atom stereocenters. The van der Waals surface area contributed by atoms with Gasteiger partial charge in [0.15, 0.2) is 0 Å². The fourth-order valence-electron chi connectivity index (χ4n) is 3.54. The lowest BCUT2D eigenvalue weighted by molar-refractivity contribution is -0.141. The van der Waals surface area contributed by atoms with Crippen LogP contribution in [-0.4, -0.2) is 61.3 Å². The van der Waals surface area contributed by atoms with Crippen LogP contribution >= 0.6 is 11.3 Å². The number of rotatable bonds is 7. The van der Waals surface area contributed by atoms with Crippen molar-refractivity contribution in [2.45, 2.75) is 38.0 Å². The molecule has 0 amide bonds. The number of halogens is 1. The molecule has 2 fully saturated rings. The molecule has 4 nitrogen and oxygen atoms in total. The van der Waals surface area contributed by atoms with Gasteiger partial charge >= 0.3 is 5.97 Å². The predicted octanol–water partition coefficient (Wildman–Crippen LogP) is 2.55. The number of alkyl halides is 1. The highest BCUT2D eigenvalue weighted by Gasteiger charge is 2.33. The largest absolute Gasteiger partial charge is 0.465 e. The van der Waals surface area contributed by atoms with Crippen molar-refractivity contribution in [3.05, 3.63) is 22.4 Å². The zero-order valence-electron chi connectivity index (χ0n) is 13.6. The van der Waals surface area contributed by atoms with Crippen LogP contribution in [0.5, 0.6) is 0 Å². The van der Waals surface area contributed by atoms with Gasteiger partial charge in [0.05, 0.1) is 12.5 Å². The molecule has 0 spiro atoms. The van der Waals surface area contributed by atoms with Gasteiger partial charge in [0, 0.05) is 30.6 Å². The van der Waals surface area contributed by atoms with E-state index < -0.39 is 6.17 Å². The number of hydrogen-bond donors (Lipinski definition) is 0. The molecule has 0 N–H and O–H groups in total. The quantitative estimate of drug-likeness (QED) is 0.714. The van der Waals surface area contributed by atoms with Gasteiger partial charge in [-0.2, -0.15) is 0 Å². The Balaban J connectivity index is 1.47. The Morgan fingerprint density at radius 3 is 3.09 bits per heavy atom. The molecule has 6 heteroatoms. The van der Waals surface area contributed by atoms with Crippen molar-refractivity contribution >= 4 is 17.3 Å². The molecule has 1 aromatic rings. The summed E-state index contributed by atoms with van der Waals surface area (Å²) in [5.41, 5.74) is 0. The smallest absolute Gasteiger partial charge is 0.309 e. The number of carbonyl (C=O) groups excluding carboxylic acids is 1. The van der Waals surface area contributed by atoms with Crippen LogP contribution < -0.4 is 0 Å². The second kappa shape index (κ2) is 7.73. The van der Waals surface area contributed by atoms with E-state index in [2.05, 4.69) is 28.3 Å². The van der Waals surface area contributed by atoms with Gasteiger partial charge in [-0.05, 0) is 44.3 Å². The third kappa shape index (κ3) is 4.52. The number of esters is 1. The number of hydrogen-bond acceptors (Lipinski definition) is 5. The van der Waals surface area contributed by atoms with Crippen LogP contribution in [0.15, 0.2) is 17.5 Å². The molecule has 2 saturated heterocycles. The number of carbonyl (C=O) groups is 1. The number of ether oxygens (including phenoxy) is 1. The first-order valence-corrected chi connectivity index (χ1v) is 9.25. The van der Waals surface area contributed by atoms with E-state index >= 15 is 0 Å². The summed E-state index contributed by atoms with van der Waals surface area (Å²) in [5.74, 6) is -0.000385. The maximum Gasteiger partial charge on any atom is 0.309 e. The van der Waals surface area contributed by atoms with Crippen LogP contribution in [0.25, 0.3) is 0 Å². The lowest BCUT2D eigenvalue weighted by Crippen LogP contribution is -2.39. The average molecular weight is 340 g/mol. The van der Waals surface area contributed by atoms with Crippen molar-refractivity contribution in [2.24, 2.45) is 5.92 Å². The normalized spacial score (nSPS) is 28.7. The molecule has 2 aliphatic heterocycles. The molecule has 0 radical (unpaired) electrons. The summed E-state index contributed by atoms with van der Waals surface area (Å²) in [4.78, 5) is 17.3. The Bertz CT molecular complexity index is 511. The van der Waals surface area contributed by atoms with Gasteiger partial charge in [0.25, 0.3) is 0 Å². The molecule has 0 bridgehead atoms. The van der Waals surface area contributed by atoms with Crippen LogP contribution in [0.4, 0.5) is 4.39 Å². The molecule has 23 heavy (non-hydrogen) atoms. The first kappa shape index (κ1) is 16.9. The van der Waals surface area contributed by atoms with Gasteiger partial charge < -0.3 is 9.64 Å². The van der Waals surface area contributed by atoms with Crippen molar-refractivity contribution in [3.63, 3.8) is 0 Å². The third-order valence-electron chi connectivity index (χ3n) is 4.84. The number of likely N-dealkylation sites (tertiary alicyclic amines) is 1. The maximum absolute atomic E-state index is 13.9. The highest BCUT2D eigenvalue weighted by Crippen LogP contribution is 2.25. The third-order valence-corrected chi connectivity index (χ3v) is 5.70. The molecular formula is C17H25FN2O2S. The van der Waals surface area contributed by atoms with Gasteiger partial charge in [0.1, 0.15) is 6.17 Å². The zero-order valence-corrected chi connectivity index (χ0v) is 14.4. The summed E-state index contributed by atoms with van der Waals surface area (Å²) in [7, 11) is 2.06. The summed E-state index contributed by atoms with van der Waals surface area (Å²) in [6, 6.07) is 4.42. The minimum atomic E-state index is -0.724. The molecule has 0 aliphatic carbocycles. The fraction of sp³-hybridized carbons (Fsp3) is 0.706. The van der Waals surface area contributed by atoms with Gasteiger partial charge in [-0.3, -0.25) is 9.69 Å². The summed E-state index contributed by atoms with van der Waals surface area (Å²) in [6.45, 7) is 3.65. The second-order valence-electron chi connectivity index (χ2n) is 6.70. The van der Waals surface area contributed by atoms with E-state index in [4.69, 9.17) is 4.74 Å². The van der Waals surface area contributed by atoms with Crippen molar-refractivity contribution < 1.29 is 13.9 Å². The van der Waals surface area contributed by atoms with Gasteiger partial charge in [-0.1, -0.05) is 6.07 Å². The Morgan fingerprint density at radius 2 is 2.39 bits per heavy atom. The first-order valence-electron chi connectivity index (χ1n) is 8.37. The summed E-state index contributed by atoms with van der Waals surface area (Å²) in [5, 5.41) is 2.07. The predicted molar refractivity (Wildman–Crippen MR) is 89.2 cm³/mol. The minimum absolute atomic E-state index is 0.0529. The topological polar surface area (TPSA) is 32.8 Å². The Labute approximate surface area is 141 Å². The van der Waals surface area contributed by atoms with E-state index in [1.165, 1.54) is 4.88 Å². The summed E-state index contributed by atoms with van der Waals surface area (Å²) < 4.78 is 18.9. The molecule has 0 saturated carbocycles. The van der Waals surface area contributed by atoms with Gasteiger partial charge in [-0.25, -0.2) is 4.39 Å². The highest BCUT2D eigenvalue weighted by molar-refractivity contribution is 7.09. The van der Waals surface area contributed by atoms with Crippen molar-refractivity contribution in [3.8, 4) is 0 Å². The van der Waals surface area contributed by atoms with Gasteiger partial charge in [0.2, 0.25) is 0 Å². The fourth-order valence-corrected chi connectivity index (χ4v) is 4.27. The van der Waals surface area contributed by atoms with Crippen molar-refractivity contribution in [2.75, 3.05) is 33.3 Å². The van der Waals surface area contributed by atoms with E-state index in [0.717, 1.165) is 32.5 Å². The van der Waals surface area contributed by atoms with Crippen LogP contribution in [0.1, 0.15) is 24.1 Å². The lowest BCUT2D eigenvalue weighted by Gasteiger charge is -2.28. The van der Waals surface area contributed by atoms with Crippen LogP contribution in [0, 0.1) is 5.92 Å². The molecule has 0 aromatic carbocycles. The van der Waals surface area contributed by atoms with Crippen molar-refractivity contribution in [1.29, 1.82) is 0 Å². The van der Waals surface area contributed by atoms with Crippen molar-refractivity contribution in [1.82, 2.24) is 9.80 Å². The van der Waals surface area contributed by atoms with E-state index in [9.17, 15) is 9.18 Å². The Morgan fingerprint density at radius 1 is 1.52 bits per heavy atom. The van der Waals surface area contributed by atoms with Gasteiger partial charge in [-0.15, -0.1) is 11.3 Å². The van der Waals surface area contributed by atoms with Crippen LogP contribution in [0.3, 0.4) is 0 Å². The minimum Gasteiger partial charge on any atom is -0.465 e. The van der Waals surface area contributed by atoms with E-state index in [0.29, 0.717) is 19.6 Å². The van der Waals surface area contributed by atoms with Crippen LogP contribution in [-0.2, 0) is 16.1 Å². The number of cyclic esters (lactones) is 1. The van der Waals surface area contributed by atoms with E-state index in [1.807, 2.05) is 6.07 Å². The lowest BCUT2D eigenvalue weighted by atomic mass is 10.0. The Hall–Kier alpha value is -0.980. The monoisotopic (exact) mass is 340 g/mol. The SMILES string of the molecule is CN(CCC1CCOC1=O)C[C@@H]1C[C@H](F)CN1Cc1cccs1. The van der Waals surface area contributed by atoms with E-state index in [-0.39, 0.29) is 17.9 Å². The average Bonchev–Trinajstić information content (AvgIpc) is 3.21. The molecule has 128 valence electrons. The molecule has 3 atom stereocenters. The number of nitrogens with zero attached hydrogens (tertiary/aromatic N) is 2. The standard InChI is InChI=1S/C17H25FN2O2S/c1-19(6-4-13-5-7-22-17(13)21)11-15-9-14(18)10-20(15)12-16-3-2-8-23-16/h2-3,8,13-15H,4-7,9-12H2,1H3/t13?,14-,15-/m0/s1. The molecule has 2 aliphatic rings. The maximum atomic E-state index is 13.9. The first-order chi connectivity index (χ1) is 11.1. The zero-order chi connectivity index (χ0) is 16.2. The Kier molecular flexibility index (Phi) is 5.67. The molecule has 3 heterocycles. The molecule has 3 rings (SSSR count). The summed E-state index contributed by atoms with van der Waals surface area (Å²) in [6.07, 6.45) is 1.57. The van der Waals surface area contributed by atoms with E-state index in [1.54, 1.807) is 11.3 Å². The molecular weight excluding hydrogens is 315 g/mol. The summed E-state index contributed by atoms with van der Waals surface area (Å²) >= 11 is 1.73. The second-order valence-corrected chi connectivity index (χ2v) is 7.73. The van der Waals surface area contributed by atoms with Crippen LogP contribution in [0.2, 0.25) is 0 Å². The molecule has 1 aromatic heterocycles. The number of thiophene rings is 1. The number of likely N-dealkylation sites (N-methyl/N-ethyl adjacent to an activating group) is 1. The highest BCUT2D eigenvalue weighted by atomic mass is 32.1.